The first-order chi connectivity index (χ1) is 6.90. The Labute approximate surface area is 86.7 Å². The van der Waals surface area contributed by atoms with Crippen LogP contribution in [0.4, 0.5) is 0 Å². The van der Waals surface area contributed by atoms with E-state index >= 15 is 0 Å². The molecule has 0 bridgehead atoms. The summed E-state index contributed by atoms with van der Waals surface area (Å²) in [5, 5.41) is 0. The largest absolute Gasteiger partial charge is 0.261 e. The van der Waals surface area contributed by atoms with E-state index in [0.717, 1.165) is 15.4 Å². The van der Waals surface area contributed by atoms with Gasteiger partial charge in [-0.25, -0.2) is 0 Å². The number of hydrogen-bond acceptors (Lipinski definition) is 3. The van der Waals surface area contributed by atoms with Crippen molar-refractivity contribution < 1.29 is 0 Å². The first kappa shape index (κ1) is 8.92. The summed E-state index contributed by atoms with van der Waals surface area (Å²) in [5.74, 6) is 5.53. The Bertz CT molecular complexity index is 477. The van der Waals surface area contributed by atoms with Gasteiger partial charge >= 0.3 is 0 Å². The lowest BCUT2D eigenvalue weighted by molar-refractivity contribution is 1.21. The van der Waals surface area contributed by atoms with Gasteiger partial charge in [-0.2, -0.15) is 0 Å². The van der Waals surface area contributed by atoms with E-state index in [9.17, 15) is 0 Å². The zero-order valence-corrected chi connectivity index (χ0v) is 8.21. The van der Waals surface area contributed by atoms with Crippen LogP contribution < -0.4 is 0 Å². The molecular weight excluding hydrogens is 192 g/mol. The van der Waals surface area contributed by atoms with E-state index in [2.05, 4.69) is 28.7 Å². The van der Waals surface area contributed by atoms with Gasteiger partial charge in [0, 0.05) is 19.3 Å². The van der Waals surface area contributed by atoms with Gasteiger partial charge in [0.2, 0.25) is 0 Å². The molecule has 0 aromatic carbocycles. The van der Waals surface area contributed by atoms with Crippen molar-refractivity contribution in [2.45, 2.75) is 0 Å². The zero-order valence-electron chi connectivity index (χ0n) is 7.40. The van der Waals surface area contributed by atoms with Gasteiger partial charge in [0.15, 0.2) is 0 Å². The maximum Gasteiger partial charge on any atom is 0.0985 e. The second kappa shape index (κ2) is 4.03. The van der Waals surface area contributed by atoms with Crippen molar-refractivity contribution in [1.82, 2.24) is 9.97 Å². The fraction of sp³-hybridized carbons (Fsp3) is 0. The Balaban J connectivity index is 2.37. The summed E-state index contributed by atoms with van der Waals surface area (Å²) in [5.41, 5.74) is 0.884. The van der Waals surface area contributed by atoms with Crippen LogP contribution in [-0.2, 0) is 0 Å². The van der Waals surface area contributed by atoms with Gasteiger partial charge in [-0.05, 0) is 12.1 Å². The second-order valence-corrected chi connectivity index (χ2v) is 3.64. The molecule has 0 unspecified atom stereocenters. The molecule has 0 atom stereocenters. The maximum absolute atomic E-state index is 4.21. The number of rotatable bonds is 1. The quantitative estimate of drug-likeness (QED) is 0.659. The average molecular weight is 199 g/mol. The van der Waals surface area contributed by atoms with Gasteiger partial charge in [0.25, 0.3) is 0 Å². The minimum Gasteiger partial charge on any atom is -0.261 e. The highest BCUT2D eigenvalue weighted by Gasteiger charge is 2.01. The zero-order chi connectivity index (χ0) is 9.80. The summed E-state index contributed by atoms with van der Waals surface area (Å²) < 4.78 is 0. The molecule has 14 heavy (non-hydrogen) atoms. The number of nitrogens with zero attached hydrogens (tertiary/aromatic N) is 2. The van der Waals surface area contributed by atoms with Gasteiger partial charge in [-0.3, -0.25) is 9.97 Å². The van der Waals surface area contributed by atoms with Gasteiger partial charge < -0.3 is 0 Å². The Hall–Kier alpha value is -1.66. The van der Waals surface area contributed by atoms with Crippen LogP contribution in [0.25, 0.3) is 10.6 Å². The second-order valence-electron chi connectivity index (χ2n) is 2.56. The molecule has 2 rings (SSSR count). The summed E-state index contributed by atoms with van der Waals surface area (Å²) in [4.78, 5) is 10.3. The first-order valence-electron chi connectivity index (χ1n) is 4.04. The molecule has 67 valence electrons. The summed E-state index contributed by atoms with van der Waals surface area (Å²) >= 11 is 1.59. The van der Waals surface area contributed by atoms with Crippen LogP contribution >= 0.6 is 11.3 Å². The Morgan fingerprint density at radius 1 is 1.29 bits per heavy atom. The topological polar surface area (TPSA) is 25.8 Å². The molecule has 0 N–H and O–H groups in total. The smallest absolute Gasteiger partial charge is 0.0985 e. The third-order valence-electron chi connectivity index (χ3n) is 1.63. The van der Waals surface area contributed by atoms with Crippen molar-refractivity contribution in [3.8, 4) is 22.4 Å². The summed E-state index contributed by atoms with van der Waals surface area (Å²) in [6.45, 7) is 3.48. The SMILES string of the molecule is [CH2]C#Cc1ccc(-c2cnccn2)s1. The molecule has 2 nitrogen and oxygen atoms in total. The standard InChI is InChI=1S/C11H7N2S/c1-2-3-9-4-5-11(14-9)10-8-12-6-7-13-10/h4-8H,1H2. The van der Waals surface area contributed by atoms with Crippen molar-refractivity contribution in [3.05, 3.63) is 42.5 Å². The highest BCUT2D eigenvalue weighted by Crippen LogP contribution is 2.24. The number of thiophene rings is 1. The van der Waals surface area contributed by atoms with E-state index < -0.39 is 0 Å². The lowest BCUT2D eigenvalue weighted by atomic mass is 10.3. The predicted octanol–water partition coefficient (Wildman–Crippen LogP) is 2.39. The van der Waals surface area contributed by atoms with Crippen LogP contribution in [0.1, 0.15) is 4.88 Å². The highest BCUT2D eigenvalue weighted by atomic mass is 32.1. The third-order valence-corrected chi connectivity index (χ3v) is 2.66. The molecule has 0 aliphatic rings. The minimum atomic E-state index is 0.884. The molecule has 2 aromatic rings. The molecular formula is C11H7N2S. The van der Waals surface area contributed by atoms with Gasteiger partial charge in [0.1, 0.15) is 0 Å². The van der Waals surface area contributed by atoms with Crippen LogP contribution in [0, 0.1) is 18.8 Å². The van der Waals surface area contributed by atoms with Gasteiger partial charge in [-0.15, -0.1) is 11.3 Å². The Morgan fingerprint density at radius 2 is 2.21 bits per heavy atom. The molecule has 0 aliphatic heterocycles. The monoisotopic (exact) mass is 199 g/mol. The van der Waals surface area contributed by atoms with E-state index in [-0.39, 0.29) is 0 Å². The van der Waals surface area contributed by atoms with Crippen molar-refractivity contribution in [1.29, 1.82) is 0 Å². The van der Waals surface area contributed by atoms with Crippen molar-refractivity contribution in [3.63, 3.8) is 0 Å². The van der Waals surface area contributed by atoms with Crippen molar-refractivity contribution in [2.24, 2.45) is 0 Å². The highest BCUT2D eigenvalue weighted by molar-refractivity contribution is 7.16. The van der Waals surface area contributed by atoms with Crippen LogP contribution in [0.5, 0.6) is 0 Å². The number of aromatic nitrogens is 2. The van der Waals surface area contributed by atoms with E-state index in [1.807, 2.05) is 12.1 Å². The molecule has 0 aliphatic carbocycles. The Kier molecular flexibility index (Phi) is 2.57. The Morgan fingerprint density at radius 3 is 2.93 bits per heavy atom. The predicted molar refractivity (Wildman–Crippen MR) is 57.6 cm³/mol. The molecule has 0 saturated carbocycles. The molecule has 0 spiro atoms. The van der Waals surface area contributed by atoms with Crippen LogP contribution in [0.2, 0.25) is 0 Å². The van der Waals surface area contributed by atoms with Crippen molar-refractivity contribution >= 4 is 11.3 Å². The minimum absolute atomic E-state index is 0.884. The lowest BCUT2D eigenvalue weighted by Crippen LogP contribution is -1.79. The molecule has 3 heteroatoms. The van der Waals surface area contributed by atoms with Gasteiger partial charge in [0.05, 0.1) is 21.6 Å². The molecule has 1 radical (unpaired) electrons. The van der Waals surface area contributed by atoms with Crippen LogP contribution in [0.15, 0.2) is 30.7 Å². The fourth-order valence-electron chi connectivity index (χ4n) is 1.06. The van der Waals surface area contributed by atoms with E-state index in [0.29, 0.717) is 0 Å². The lowest BCUT2D eigenvalue weighted by Gasteiger charge is -1.91. The van der Waals surface area contributed by atoms with E-state index in [4.69, 9.17) is 0 Å². The van der Waals surface area contributed by atoms with E-state index in [1.54, 1.807) is 29.9 Å². The summed E-state index contributed by atoms with van der Waals surface area (Å²) in [6, 6.07) is 3.96. The number of hydrogen-bond donors (Lipinski definition) is 0. The van der Waals surface area contributed by atoms with Crippen LogP contribution in [-0.4, -0.2) is 9.97 Å². The third kappa shape index (κ3) is 1.81. The molecule has 0 saturated heterocycles. The first-order valence-corrected chi connectivity index (χ1v) is 4.86. The van der Waals surface area contributed by atoms with Crippen LogP contribution in [0.3, 0.4) is 0 Å². The van der Waals surface area contributed by atoms with Gasteiger partial charge in [-0.1, -0.05) is 11.8 Å². The summed E-state index contributed by atoms with van der Waals surface area (Å²) in [6.07, 6.45) is 5.09. The summed E-state index contributed by atoms with van der Waals surface area (Å²) in [7, 11) is 0. The normalized spacial score (nSPS) is 9.21. The van der Waals surface area contributed by atoms with E-state index in [1.165, 1.54) is 0 Å². The molecule has 0 fully saturated rings. The van der Waals surface area contributed by atoms with Crippen molar-refractivity contribution in [2.75, 3.05) is 0 Å². The molecule has 0 amide bonds. The molecule has 2 aromatic heterocycles. The fourth-order valence-corrected chi connectivity index (χ4v) is 1.90. The maximum atomic E-state index is 4.21. The molecule has 2 heterocycles. The average Bonchev–Trinajstić information content (AvgIpc) is 2.68.